The largest absolute Gasteiger partial charge is 0.481 e. The SMILES string of the molecule is O=C(O)C1CN(C(=O)NCC2COCCO2)C1. The lowest BCUT2D eigenvalue weighted by Gasteiger charge is -2.36. The summed E-state index contributed by atoms with van der Waals surface area (Å²) in [5.41, 5.74) is 0. The number of amides is 2. The molecule has 7 nitrogen and oxygen atoms in total. The third-order valence-electron chi connectivity index (χ3n) is 2.88. The number of hydrogen-bond acceptors (Lipinski definition) is 4. The quantitative estimate of drug-likeness (QED) is 0.673. The van der Waals surface area contributed by atoms with Crippen molar-refractivity contribution in [1.29, 1.82) is 0 Å². The molecule has 0 bridgehead atoms. The van der Waals surface area contributed by atoms with Gasteiger partial charge in [0.1, 0.15) is 0 Å². The van der Waals surface area contributed by atoms with E-state index in [1.165, 1.54) is 4.90 Å². The minimum Gasteiger partial charge on any atom is -0.481 e. The van der Waals surface area contributed by atoms with E-state index in [0.29, 0.717) is 26.4 Å². The monoisotopic (exact) mass is 244 g/mol. The van der Waals surface area contributed by atoms with Gasteiger partial charge in [-0.05, 0) is 0 Å². The van der Waals surface area contributed by atoms with Crippen LogP contribution in [0.25, 0.3) is 0 Å². The second-order valence-electron chi connectivity index (χ2n) is 4.19. The molecule has 2 saturated heterocycles. The average molecular weight is 244 g/mol. The van der Waals surface area contributed by atoms with Crippen molar-refractivity contribution < 1.29 is 24.2 Å². The summed E-state index contributed by atoms with van der Waals surface area (Å²) in [4.78, 5) is 23.6. The average Bonchev–Trinajstić information content (AvgIpc) is 2.25. The highest BCUT2D eigenvalue weighted by atomic mass is 16.6. The molecule has 2 heterocycles. The molecule has 0 aromatic carbocycles. The van der Waals surface area contributed by atoms with E-state index in [1.54, 1.807) is 0 Å². The molecule has 2 amide bonds. The van der Waals surface area contributed by atoms with Crippen molar-refractivity contribution >= 4 is 12.0 Å². The highest BCUT2D eigenvalue weighted by Gasteiger charge is 2.35. The maximum absolute atomic E-state index is 11.6. The van der Waals surface area contributed by atoms with Gasteiger partial charge >= 0.3 is 12.0 Å². The predicted molar refractivity (Wildman–Crippen MR) is 56.7 cm³/mol. The van der Waals surface area contributed by atoms with Gasteiger partial charge in [0.05, 0.1) is 31.8 Å². The van der Waals surface area contributed by atoms with E-state index in [-0.39, 0.29) is 25.2 Å². The number of nitrogens with zero attached hydrogens (tertiary/aromatic N) is 1. The molecule has 1 unspecified atom stereocenters. The van der Waals surface area contributed by atoms with Crippen molar-refractivity contribution in [3.8, 4) is 0 Å². The Morgan fingerprint density at radius 2 is 2.12 bits per heavy atom. The maximum atomic E-state index is 11.6. The van der Waals surface area contributed by atoms with Gasteiger partial charge in [-0.3, -0.25) is 4.79 Å². The van der Waals surface area contributed by atoms with E-state index >= 15 is 0 Å². The smallest absolute Gasteiger partial charge is 0.317 e. The molecule has 0 aromatic heterocycles. The fourth-order valence-corrected chi connectivity index (χ4v) is 1.77. The maximum Gasteiger partial charge on any atom is 0.317 e. The summed E-state index contributed by atoms with van der Waals surface area (Å²) in [6.45, 7) is 2.58. The molecule has 1 atom stereocenters. The minimum atomic E-state index is -0.849. The van der Waals surface area contributed by atoms with Crippen molar-refractivity contribution in [2.24, 2.45) is 5.92 Å². The summed E-state index contributed by atoms with van der Waals surface area (Å²) in [5.74, 6) is -1.27. The van der Waals surface area contributed by atoms with Gasteiger partial charge in [0.15, 0.2) is 0 Å². The Bertz CT molecular complexity index is 297. The topological polar surface area (TPSA) is 88.1 Å². The van der Waals surface area contributed by atoms with E-state index in [2.05, 4.69) is 5.32 Å². The molecule has 2 aliphatic rings. The number of ether oxygens (including phenoxy) is 2. The summed E-state index contributed by atoms with van der Waals surface area (Å²) in [7, 11) is 0. The van der Waals surface area contributed by atoms with Crippen LogP contribution in [0.2, 0.25) is 0 Å². The van der Waals surface area contributed by atoms with Gasteiger partial charge in [-0.25, -0.2) is 4.79 Å². The lowest BCUT2D eigenvalue weighted by atomic mass is 10.0. The fraction of sp³-hybridized carbons (Fsp3) is 0.800. The van der Waals surface area contributed by atoms with E-state index in [0.717, 1.165) is 0 Å². The van der Waals surface area contributed by atoms with Crippen molar-refractivity contribution in [3.05, 3.63) is 0 Å². The van der Waals surface area contributed by atoms with E-state index in [4.69, 9.17) is 14.6 Å². The van der Waals surface area contributed by atoms with Crippen molar-refractivity contribution in [3.63, 3.8) is 0 Å². The van der Waals surface area contributed by atoms with Gasteiger partial charge in [-0.15, -0.1) is 0 Å². The van der Waals surface area contributed by atoms with E-state index in [9.17, 15) is 9.59 Å². The molecule has 2 N–H and O–H groups in total. The summed E-state index contributed by atoms with van der Waals surface area (Å²) in [5, 5.41) is 11.4. The van der Waals surface area contributed by atoms with Crippen molar-refractivity contribution in [2.45, 2.75) is 6.10 Å². The normalized spacial score (nSPS) is 25.2. The Labute approximate surface area is 98.7 Å². The molecular weight excluding hydrogens is 228 g/mol. The Morgan fingerprint density at radius 1 is 1.35 bits per heavy atom. The van der Waals surface area contributed by atoms with Gasteiger partial charge in [0.2, 0.25) is 0 Å². The number of nitrogens with one attached hydrogen (secondary N) is 1. The van der Waals surface area contributed by atoms with Crippen molar-refractivity contribution in [2.75, 3.05) is 39.5 Å². The molecule has 7 heteroatoms. The molecule has 17 heavy (non-hydrogen) atoms. The number of rotatable bonds is 3. The highest BCUT2D eigenvalue weighted by molar-refractivity contribution is 5.79. The zero-order chi connectivity index (χ0) is 12.3. The molecule has 0 saturated carbocycles. The van der Waals surface area contributed by atoms with E-state index < -0.39 is 11.9 Å². The number of likely N-dealkylation sites (tertiary alicyclic amines) is 1. The third kappa shape index (κ3) is 3.07. The van der Waals surface area contributed by atoms with Gasteiger partial charge in [0.25, 0.3) is 0 Å². The van der Waals surface area contributed by atoms with Crippen LogP contribution in [0.15, 0.2) is 0 Å². The molecule has 0 aromatic rings. The first-order valence-electron chi connectivity index (χ1n) is 5.61. The number of carbonyl (C=O) groups is 2. The van der Waals surface area contributed by atoms with Gasteiger partial charge < -0.3 is 24.8 Å². The molecule has 96 valence electrons. The van der Waals surface area contributed by atoms with Crippen LogP contribution in [0, 0.1) is 5.92 Å². The number of urea groups is 1. The first-order valence-corrected chi connectivity index (χ1v) is 5.61. The lowest BCUT2D eigenvalue weighted by Crippen LogP contribution is -2.57. The number of carbonyl (C=O) groups excluding carboxylic acids is 1. The third-order valence-corrected chi connectivity index (χ3v) is 2.88. The second-order valence-corrected chi connectivity index (χ2v) is 4.19. The van der Waals surface area contributed by atoms with Gasteiger partial charge in [-0.1, -0.05) is 0 Å². The van der Waals surface area contributed by atoms with Gasteiger partial charge in [-0.2, -0.15) is 0 Å². The number of carboxylic acid groups (broad SMARTS) is 1. The summed E-state index contributed by atoms with van der Waals surface area (Å²) >= 11 is 0. The van der Waals surface area contributed by atoms with Gasteiger partial charge in [0, 0.05) is 19.6 Å². The zero-order valence-corrected chi connectivity index (χ0v) is 9.42. The Balaban J connectivity index is 1.63. The zero-order valence-electron chi connectivity index (χ0n) is 9.42. The number of hydrogen-bond donors (Lipinski definition) is 2. The second kappa shape index (κ2) is 5.33. The predicted octanol–water partition coefficient (Wildman–Crippen LogP) is -0.872. The number of aliphatic carboxylic acids is 1. The first kappa shape index (κ1) is 12.1. The number of carboxylic acids is 1. The summed E-state index contributed by atoms with van der Waals surface area (Å²) in [6.07, 6.45) is -0.107. The standard InChI is InChI=1S/C10H16N2O5/c13-9(14)7-4-12(5-7)10(15)11-3-8-6-16-1-2-17-8/h7-8H,1-6H2,(H,11,15)(H,13,14). The molecule has 2 fully saturated rings. The van der Waals surface area contributed by atoms with Crippen LogP contribution >= 0.6 is 0 Å². The Morgan fingerprint density at radius 3 is 2.71 bits per heavy atom. The molecular formula is C10H16N2O5. The Hall–Kier alpha value is -1.34. The minimum absolute atomic E-state index is 0.107. The molecule has 2 rings (SSSR count). The van der Waals surface area contributed by atoms with Crippen LogP contribution in [0.3, 0.4) is 0 Å². The fourth-order valence-electron chi connectivity index (χ4n) is 1.77. The first-order chi connectivity index (χ1) is 8.16. The van der Waals surface area contributed by atoms with Crippen LogP contribution < -0.4 is 5.32 Å². The van der Waals surface area contributed by atoms with Crippen LogP contribution in [0.4, 0.5) is 4.79 Å². The molecule has 2 aliphatic heterocycles. The van der Waals surface area contributed by atoms with Crippen LogP contribution in [-0.2, 0) is 14.3 Å². The van der Waals surface area contributed by atoms with Crippen LogP contribution in [0.1, 0.15) is 0 Å². The van der Waals surface area contributed by atoms with Crippen LogP contribution in [0.5, 0.6) is 0 Å². The molecule has 0 radical (unpaired) electrons. The molecule has 0 aliphatic carbocycles. The molecule has 0 spiro atoms. The highest BCUT2D eigenvalue weighted by Crippen LogP contribution is 2.15. The van der Waals surface area contributed by atoms with Crippen LogP contribution in [-0.4, -0.2) is 67.6 Å². The van der Waals surface area contributed by atoms with E-state index in [1.807, 2.05) is 0 Å². The summed E-state index contributed by atoms with van der Waals surface area (Å²) < 4.78 is 10.6. The van der Waals surface area contributed by atoms with Crippen molar-refractivity contribution in [1.82, 2.24) is 10.2 Å². The Kier molecular flexibility index (Phi) is 3.80. The summed E-state index contributed by atoms with van der Waals surface area (Å²) in [6, 6.07) is -0.239. The lowest BCUT2D eigenvalue weighted by molar-refractivity contribution is -0.146.